The molecule has 12 heavy (non-hydrogen) atoms. The van der Waals surface area contributed by atoms with Crippen molar-refractivity contribution < 1.29 is 0 Å². The van der Waals surface area contributed by atoms with Gasteiger partial charge in [0.15, 0.2) is 0 Å². The first-order valence-electron chi connectivity index (χ1n) is 4.53. The summed E-state index contributed by atoms with van der Waals surface area (Å²) < 4.78 is 0. The third kappa shape index (κ3) is 2.95. The Morgan fingerprint density at radius 1 is 1.25 bits per heavy atom. The van der Waals surface area contributed by atoms with E-state index in [-0.39, 0.29) is 0 Å². The summed E-state index contributed by atoms with van der Waals surface area (Å²) in [5, 5.41) is 0. The number of allylic oxidation sites excluding steroid dienone is 1. The number of H-pyrrole nitrogens is 1. The second kappa shape index (κ2) is 5.64. The first-order valence-corrected chi connectivity index (χ1v) is 4.53. The molecular formula is C11H19N. The van der Waals surface area contributed by atoms with E-state index in [1.807, 2.05) is 20.8 Å². The van der Waals surface area contributed by atoms with Crippen molar-refractivity contribution in [1.82, 2.24) is 4.98 Å². The average molecular weight is 165 g/mol. The molecule has 0 aromatic carbocycles. The van der Waals surface area contributed by atoms with Crippen LogP contribution in [0.15, 0.2) is 12.1 Å². The zero-order chi connectivity index (χ0) is 9.56. The number of aryl methyl sites for hydroxylation is 2. The Bertz CT molecular complexity index is 244. The third-order valence-corrected chi connectivity index (χ3v) is 1.54. The minimum absolute atomic E-state index is 1.23. The molecule has 1 N–H and O–H groups in total. The molecule has 1 heteroatoms. The summed E-state index contributed by atoms with van der Waals surface area (Å²) in [6.45, 7) is 10.2. The zero-order valence-electron chi connectivity index (χ0n) is 8.73. The lowest BCUT2D eigenvalue weighted by Crippen LogP contribution is -1.72. The summed E-state index contributed by atoms with van der Waals surface area (Å²) in [6, 6.07) is 2.15. The lowest BCUT2D eigenvalue weighted by Gasteiger charge is -1.85. The molecule has 0 bridgehead atoms. The van der Waals surface area contributed by atoms with Gasteiger partial charge in [0, 0.05) is 11.4 Å². The van der Waals surface area contributed by atoms with Crippen LogP contribution in [0.4, 0.5) is 0 Å². The smallest absolute Gasteiger partial charge is 0.0191 e. The van der Waals surface area contributed by atoms with Crippen molar-refractivity contribution in [2.24, 2.45) is 0 Å². The maximum atomic E-state index is 3.24. The Morgan fingerprint density at radius 2 is 1.83 bits per heavy atom. The van der Waals surface area contributed by atoms with Crippen LogP contribution in [0, 0.1) is 13.8 Å². The Balaban J connectivity index is 0.000000561. The van der Waals surface area contributed by atoms with Gasteiger partial charge in [-0.2, -0.15) is 0 Å². The Morgan fingerprint density at radius 3 is 2.17 bits per heavy atom. The van der Waals surface area contributed by atoms with E-state index in [0.29, 0.717) is 0 Å². The van der Waals surface area contributed by atoms with Gasteiger partial charge in [-0.3, -0.25) is 0 Å². The fraction of sp³-hybridized carbons (Fsp3) is 0.455. The molecule has 0 amide bonds. The highest BCUT2D eigenvalue weighted by Crippen LogP contribution is 2.10. The molecule has 1 heterocycles. The number of aromatic nitrogens is 1. The van der Waals surface area contributed by atoms with Crippen molar-refractivity contribution in [3.05, 3.63) is 29.1 Å². The Labute approximate surface area is 75.5 Å². The number of nitrogens with one attached hydrogen (secondary N) is 1. The Hall–Kier alpha value is -0.980. The molecule has 0 radical (unpaired) electrons. The van der Waals surface area contributed by atoms with Gasteiger partial charge in [-0.1, -0.05) is 26.0 Å². The van der Waals surface area contributed by atoms with Crippen molar-refractivity contribution in [2.75, 3.05) is 0 Å². The SMILES string of the molecule is C/C=C\c1cc(C)[nH]c1C.CC. The first kappa shape index (κ1) is 11.0. The molecule has 0 saturated heterocycles. The van der Waals surface area contributed by atoms with Crippen LogP contribution in [-0.2, 0) is 0 Å². The minimum atomic E-state index is 1.23. The van der Waals surface area contributed by atoms with Crippen molar-refractivity contribution in [3.63, 3.8) is 0 Å². The molecule has 0 aliphatic carbocycles. The molecule has 1 aromatic rings. The van der Waals surface area contributed by atoms with Crippen molar-refractivity contribution in [1.29, 1.82) is 0 Å². The van der Waals surface area contributed by atoms with E-state index in [4.69, 9.17) is 0 Å². The average Bonchev–Trinajstić information content (AvgIpc) is 2.35. The van der Waals surface area contributed by atoms with E-state index < -0.39 is 0 Å². The van der Waals surface area contributed by atoms with Crippen molar-refractivity contribution in [3.8, 4) is 0 Å². The number of hydrogen-bond acceptors (Lipinski definition) is 0. The van der Waals surface area contributed by atoms with E-state index in [1.165, 1.54) is 17.0 Å². The molecule has 1 aromatic heterocycles. The predicted molar refractivity (Wildman–Crippen MR) is 56.3 cm³/mol. The largest absolute Gasteiger partial charge is 0.362 e. The summed E-state index contributed by atoms with van der Waals surface area (Å²) in [5.41, 5.74) is 3.77. The van der Waals surface area contributed by atoms with Gasteiger partial charge in [0.2, 0.25) is 0 Å². The molecule has 1 nitrogen and oxygen atoms in total. The fourth-order valence-corrected chi connectivity index (χ4v) is 1.10. The van der Waals surface area contributed by atoms with Crippen LogP contribution in [0.2, 0.25) is 0 Å². The van der Waals surface area contributed by atoms with Crippen LogP contribution >= 0.6 is 0 Å². The van der Waals surface area contributed by atoms with Crippen LogP contribution in [0.3, 0.4) is 0 Å². The number of rotatable bonds is 1. The van der Waals surface area contributed by atoms with Gasteiger partial charge >= 0.3 is 0 Å². The summed E-state index contributed by atoms with van der Waals surface area (Å²) >= 11 is 0. The van der Waals surface area contributed by atoms with Crippen LogP contribution in [0.25, 0.3) is 6.08 Å². The maximum absolute atomic E-state index is 3.24. The van der Waals surface area contributed by atoms with Gasteiger partial charge in [0.1, 0.15) is 0 Å². The van der Waals surface area contributed by atoms with Crippen LogP contribution < -0.4 is 0 Å². The minimum Gasteiger partial charge on any atom is -0.362 e. The molecule has 68 valence electrons. The predicted octanol–water partition coefficient (Wildman–Crippen LogP) is 3.69. The Kier molecular flexibility index (Phi) is 5.18. The van der Waals surface area contributed by atoms with Crippen LogP contribution in [-0.4, -0.2) is 4.98 Å². The van der Waals surface area contributed by atoms with E-state index in [9.17, 15) is 0 Å². The standard InChI is InChI=1S/C9H13N.C2H6/c1-4-5-9-6-7(2)10-8(9)3;1-2/h4-6,10H,1-3H3;1-2H3/b5-4-;. The number of aromatic amines is 1. The highest BCUT2D eigenvalue weighted by Gasteiger charge is 1.95. The maximum Gasteiger partial charge on any atom is 0.0191 e. The summed E-state index contributed by atoms with van der Waals surface area (Å²) in [5.74, 6) is 0. The molecule has 0 saturated carbocycles. The summed E-state index contributed by atoms with van der Waals surface area (Å²) in [6.07, 6.45) is 4.16. The lowest BCUT2D eigenvalue weighted by atomic mass is 10.2. The van der Waals surface area contributed by atoms with Crippen LogP contribution in [0.5, 0.6) is 0 Å². The lowest BCUT2D eigenvalue weighted by molar-refractivity contribution is 1.19. The summed E-state index contributed by atoms with van der Waals surface area (Å²) in [7, 11) is 0. The zero-order valence-corrected chi connectivity index (χ0v) is 8.73. The monoisotopic (exact) mass is 165 g/mol. The van der Waals surface area contributed by atoms with E-state index in [2.05, 4.69) is 37.0 Å². The molecule has 0 aliphatic heterocycles. The molecule has 0 spiro atoms. The van der Waals surface area contributed by atoms with Crippen LogP contribution in [0.1, 0.15) is 37.7 Å². The molecule has 0 fully saturated rings. The quantitative estimate of drug-likeness (QED) is 0.653. The fourth-order valence-electron chi connectivity index (χ4n) is 1.10. The van der Waals surface area contributed by atoms with Gasteiger partial charge in [0.05, 0.1) is 0 Å². The van der Waals surface area contributed by atoms with Gasteiger partial charge in [-0.15, -0.1) is 0 Å². The van der Waals surface area contributed by atoms with E-state index in [1.54, 1.807) is 0 Å². The highest BCUT2D eigenvalue weighted by molar-refractivity contribution is 5.52. The van der Waals surface area contributed by atoms with E-state index >= 15 is 0 Å². The second-order valence-electron chi connectivity index (χ2n) is 2.53. The molecule has 0 aliphatic rings. The molecule has 0 unspecified atom stereocenters. The van der Waals surface area contributed by atoms with Crippen molar-refractivity contribution >= 4 is 6.08 Å². The van der Waals surface area contributed by atoms with Gasteiger partial charge < -0.3 is 4.98 Å². The normalized spacial score (nSPS) is 9.75. The summed E-state index contributed by atoms with van der Waals surface area (Å²) in [4.78, 5) is 3.24. The van der Waals surface area contributed by atoms with Crippen molar-refractivity contribution in [2.45, 2.75) is 34.6 Å². The van der Waals surface area contributed by atoms with Gasteiger partial charge in [-0.25, -0.2) is 0 Å². The third-order valence-electron chi connectivity index (χ3n) is 1.54. The topological polar surface area (TPSA) is 15.8 Å². The first-order chi connectivity index (χ1) is 5.74. The number of hydrogen-bond donors (Lipinski definition) is 1. The van der Waals surface area contributed by atoms with Gasteiger partial charge in [0.25, 0.3) is 0 Å². The second-order valence-corrected chi connectivity index (χ2v) is 2.53. The molecule has 1 rings (SSSR count). The highest BCUT2D eigenvalue weighted by atomic mass is 14.7. The van der Waals surface area contributed by atoms with E-state index in [0.717, 1.165) is 0 Å². The molecular weight excluding hydrogens is 146 g/mol. The van der Waals surface area contributed by atoms with Gasteiger partial charge in [-0.05, 0) is 32.4 Å². The molecule has 0 atom stereocenters.